The number of amides is 1. The first kappa shape index (κ1) is 17.6. The molecule has 1 N–H and O–H groups in total. The third-order valence-corrected chi connectivity index (χ3v) is 4.39. The Kier molecular flexibility index (Phi) is 4.93. The number of nitrogens with zero attached hydrogens (tertiary/aromatic N) is 4. The average molecular weight is 369 g/mol. The molecular weight excluding hydrogens is 350 g/mol. The van der Waals surface area contributed by atoms with Crippen molar-refractivity contribution < 1.29 is 4.79 Å². The summed E-state index contributed by atoms with van der Waals surface area (Å²) in [4.78, 5) is 27.6. The fourth-order valence-corrected chi connectivity index (χ4v) is 2.96. The highest BCUT2D eigenvalue weighted by Gasteiger charge is 2.12. The second-order valence-corrected chi connectivity index (χ2v) is 6.45. The van der Waals surface area contributed by atoms with Crippen LogP contribution in [-0.4, -0.2) is 27.9 Å². The third-order valence-electron chi connectivity index (χ3n) is 4.39. The van der Waals surface area contributed by atoms with Gasteiger partial charge in [-0.2, -0.15) is 0 Å². The summed E-state index contributed by atoms with van der Waals surface area (Å²) < 4.78 is 0. The monoisotopic (exact) mass is 369 g/mol. The molecule has 0 saturated heterocycles. The molecule has 0 spiro atoms. The van der Waals surface area contributed by atoms with Crippen molar-refractivity contribution in [1.82, 2.24) is 15.0 Å². The fraction of sp³-hybridized carbons (Fsp3) is 0.0909. The summed E-state index contributed by atoms with van der Waals surface area (Å²) in [5.74, 6) is 0.294. The van der Waals surface area contributed by atoms with Crippen LogP contribution in [0.2, 0.25) is 0 Å². The van der Waals surface area contributed by atoms with Crippen LogP contribution in [0.4, 0.5) is 11.6 Å². The molecule has 4 aromatic rings. The number of carbonyl (C=O) groups is 1. The Morgan fingerprint density at radius 2 is 1.68 bits per heavy atom. The molecular formula is C22H19N5O. The van der Waals surface area contributed by atoms with Crippen LogP contribution in [0.25, 0.3) is 10.9 Å². The molecule has 6 nitrogen and oxygen atoms in total. The first-order valence-electron chi connectivity index (χ1n) is 8.93. The van der Waals surface area contributed by atoms with Gasteiger partial charge in [0.25, 0.3) is 5.91 Å². The maximum absolute atomic E-state index is 12.6. The van der Waals surface area contributed by atoms with Crippen molar-refractivity contribution in [2.24, 2.45) is 0 Å². The first-order chi connectivity index (χ1) is 13.7. The Bertz CT molecular complexity index is 1090. The number of carbonyl (C=O) groups excluding carboxylic acids is 1. The van der Waals surface area contributed by atoms with Gasteiger partial charge >= 0.3 is 0 Å². The van der Waals surface area contributed by atoms with Gasteiger partial charge in [0.15, 0.2) is 0 Å². The smallest absolute Gasteiger partial charge is 0.258 e. The normalized spacial score (nSPS) is 10.6. The number of hydrogen-bond acceptors (Lipinski definition) is 5. The Labute approximate surface area is 162 Å². The summed E-state index contributed by atoms with van der Waals surface area (Å²) in [6.45, 7) is 0.689. The number of rotatable bonds is 5. The van der Waals surface area contributed by atoms with Crippen molar-refractivity contribution in [3.05, 3.63) is 90.4 Å². The molecule has 0 fully saturated rings. The lowest BCUT2D eigenvalue weighted by atomic mass is 10.2. The molecule has 1 amide bonds. The molecule has 0 unspecified atom stereocenters. The SMILES string of the molecule is CN(Cc1ccccc1)c1ncc(C(=O)Nc2cccc3cccnc23)cn1. The summed E-state index contributed by atoms with van der Waals surface area (Å²) in [7, 11) is 1.92. The van der Waals surface area contributed by atoms with Gasteiger partial charge in [-0.1, -0.05) is 48.5 Å². The maximum Gasteiger partial charge on any atom is 0.258 e. The second kappa shape index (κ2) is 7.84. The maximum atomic E-state index is 12.6. The standard InChI is InChI=1S/C22H19N5O/c1-27(15-16-7-3-2-4-8-16)22-24-13-18(14-25-22)21(28)26-19-11-5-9-17-10-6-12-23-20(17)19/h2-14H,15H2,1H3,(H,26,28). The Morgan fingerprint density at radius 3 is 2.46 bits per heavy atom. The van der Waals surface area contributed by atoms with Crippen LogP contribution in [0, 0.1) is 0 Å². The number of para-hydroxylation sites is 1. The molecule has 0 aliphatic carbocycles. The molecule has 2 aromatic carbocycles. The predicted molar refractivity (Wildman–Crippen MR) is 110 cm³/mol. The van der Waals surface area contributed by atoms with E-state index in [-0.39, 0.29) is 5.91 Å². The summed E-state index contributed by atoms with van der Waals surface area (Å²) in [5.41, 5.74) is 2.97. The lowest BCUT2D eigenvalue weighted by Gasteiger charge is -2.17. The van der Waals surface area contributed by atoms with Gasteiger partial charge in [-0.15, -0.1) is 0 Å². The fourth-order valence-electron chi connectivity index (χ4n) is 2.96. The van der Waals surface area contributed by atoms with Crippen LogP contribution < -0.4 is 10.2 Å². The highest BCUT2D eigenvalue weighted by Crippen LogP contribution is 2.21. The van der Waals surface area contributed by atoms with Gasteiger partial charge in [-0.25, -0.2) is 9.97 Å². The van der Waals surface area contributed by atoms with Gasteiger partial charge in [0.2, 0.25) is 5.95 Å². The highest BCUT2D eigenvalue weighted by atomic mass is 16.1. The van der Waals surface area contributed by atoms with Crippen molar-refractivity contribution in [2.75, 3.05) is 17.3 Å². The Hall–Kier alpha value is -3.80. The van der Waals surface area contributed by atoms with Crippen LogP contribution in [0.1, 0.15) is 15.9 Å². The number of aromatic nitrogens is 3. The van der Waals surface area contributed by atoms with Gasteiger partial charge in [0.1, 0.15) is 0 Å². The predicted octanol–water partition coefficient (Wildman–Crippen LogP) is 3.91. The van der Waals surface area contributed by atoms with Crippen molar-refractivity contribution >= 4 is 28.4 Å². The zero-order valence-corrected chi connectivity index (χ0v) is 15.4. The molecule has 0 aliphatic heterocycles. The van der Waals surface area contributed by atoms with E-state index in [0.29, 0.717) is 23.7 Å². The van der Waals surface area contributed by atoms with Gasteiger partial charge in [0, 0.05) is 37.6 Å². The number of hydrogen-bond donors (Lipinski definition) is 1. The molecule has 0 radical (unpaired) electrons. The van der Waals surface area contributed by atoms with Crippen LogP contribution in [0.5, 0.6) is 0 Å². The zero-order valence-electron chi connectivity index (χ0n) is 15.4. The number of benzene rings is 2. The number of fused-ring (bicyclic) bond motifs is 1. The molecule has 2 heterocycles. The molecule has 138 valence electrons. The van der Waals surface area contributed by atoms with E-state index in [1.54, 1.807) is 6.20 Å². The Balaban J connectivity index is 1.48. The molecule has 6 heteroatoms. The molecule has 0 saturated carbocycles. The minimum Gasteiger partial charge on any atom is -0.340 e. The molecule has 4 rings (SSSR count). The highest BCUT2D eigenvalue weighted by molar-refractivity contribution is 6.08. The van der Waals surface area contributed by atoms with Crippen molar-refractivity contribution in [2.45, 2.75) is 6.54 Å². The van der Waals surface area contributed by atoms with E-state index in [4.69, 9.17) is 0 Å². The van der Waals surface area contributed by atoms with E-state index in [1.807, 2.05) is 60.5 Å². The van der Waals surface area contributed by atoms with Crippen molar-refractivity contribution in [1.29, 1.82) is 0 Å². The molecule has 2 aromatic heterocycles. The zero-order chi connectivity index (χ0) is 19.3. The topological polar surface area (TPSA) is 71.0 Å². The number of nitrogens with one attached hydrogen (secondary N) is 1. The minimum absolute atomic E-state index is 0.268. The Morgan fingerprint density at radius 1 is 0.929 bits per heavy atom. The quantitative estimate of drug-likeness (QED) is 0.577. The van der Waals surface area contributed by atoms with Crippen LogP contribution in [0.3, 0.4) is 0 Å². The minimum atomic E-state index is -0.268. The number of pyridine rings is 1. The van der Waals surface area contributed by atoms with Crippen LogP contribution >= 0.6 is 0 Å². The average Bonchev–Trinajstić information content (AvgIpc) is 2.75. The van der Waals surface area contributed by atoms with E-state index in [2.05, 4.69) is 32.4 Å². The van der Waals surface area contributed by atoms with Gasteiger partial charge in [-0.3, -0.25) is 9.78 Å². The third kappa shape index (κ3) is 3.81. The summed E-state index contributed by atoms with van der Waals surface area (Å²) >= 11 is 0. The van der Waals surface area contributed by atoms with E-state index >= 15 is 0 Å². The van der Waals surface area contributed by atoms with Crippen molar-refractivity contribution in [3.63, 3.8) is 0 Å². The largest absolute Gasteiger partial charge is 0.340 e. The number of anilines is 2. The second-order valence-electron chi connectivity index (χ2n) is 6.45. The van der Waals surface area contributed by atoms with Gasteiger partial charge in [-0.05, 0) is 17.7 Å². The summed E-state index contributed by atoms with van der Waals surface area (Å²) in [6, 6.07) is 19.6. The molecule has 0 bridgehead atoms. The van der Waals surface area contributed by atoms with Crippen molar-refractivity contribution in [3.8, 4) is 0 Å². The lowest BCUT2D eigenvalue weighted by Crippen LogP contribution is -2.20. The summed E-state index contributed by atoms with van der Waals surface area (Å²) in [6.07, 6.45) is 4.79. The van der Waals surface area contributed by atoms with Gasteiger partial charge in [0.05, 0.1) is 16.8 Å². The lowest BCUT2D eigenvalue weighted by molar-refractivity contribution is 0.102. The molecule has 28 heavy (non-hydrogen) atoms. The van der Waals surface area contributed by atoms with E-state index in [9.17, 15) is 4.79 Å². The molecule has 0 atom stereocenters. The van der Waals surface area contributed by atoms with Crippen LogP contribution in [-0.2, 0) is 6.54 Å². The van der Waals surface area contributed by atoms with Crippen LogP contribution in [0.15, 0.2) is 79.3 Å². The summed E-state index contributed by atoms with van der Waals surface area (Å²) in [5, 5.41) is 3.86. The first-order valence-corrected chi connectivity index (χ1v) is 8.93. The van der Waals surface area contributed by atoms with E-state index in [0.717, 1.165) is 10.9 Å². The molecule has 0 aliphatic rings. The van der Waals surface area contributed by atoms with E-state index < -0.39 is 0 Å². The van der Waals surface area contributed by atoms with Gasteiger partial charge < -0.3 is 10.2 Å². The van der Waals surface area contributed by atoms with E-state index in [1.165, 1.54) is 18.0 Å².